The Bertz CT molecular complexity index is 1750. The van der Waals surface area contributed by atoms with Gasteiger partial charge in [-0.1, -0.05) is 66.7 Å². The van der Waals surface area contributed by atoms with E-state index in [0.717, 1.165) is 16.7 Å². The third-order valence-corrected chi connectivity index (χ3v) is 9.73. The van der Waals surface area contributed by atoms with Crippen molar-refractivity contribution in [2.24, 2.45) is 0 Å². The van der Waals surface area contributed by atoms with E-state index in [4.69, 9.17) is 14.2 Å². The first-order valence-corrected chi connectivity index (χ1v) is 18.2. The SMILES string of the molecule is COc1ccccc1C(=O)NC1CCN(C(=O)[C@H]2CC[C@@](C(=O)N[C@@H](COC(C)(C)C)C(=O)OC(C)(C)C)(c3ccccc3)c3ccccc32)CC1.S.S. The summed E-state index contributed by atoms with van der Waals surface area (Å²) in [6.45, 7) is 12.0. The molecule has 0 saturated carbocycles. The van der Waals surface area contributed by atoms with Crippen LogP contribution in [0.4, 0.5) is 0 Å². The van der Waals surface area contributed by atoms with Gasteiger partial charge in [0, 0.05) is 19.1 Å². The molecule has 0 aromatic heterocycles. The summed E-state index contributed by atoms with van der Waals surface area (Å²) in [6.07, 6.45) is 2.03. The van der Waals surface area contributed by atoms with Gasteiger partial charge in [0.05, 0.1) is 36.2 Å². The Morgan fingerprint density at radius 1 is 0.815 bits per heavy atom. The third kappa shape index (κ3) is 10.4. The van der Waals surface area contributed by atoms with E-state index in [1.807, 2.05) is 86.3 Å². The molecule has 2 aliphatic rings. The summed E-state index contributed by atoms with van der Waals surface area (Å²) in [7, 11) is 1.54. The quantitative estimate of drug-likeness (QED) is 0.237. The molecule has 2 N–H and O–H groups in total. The number of carbonyl (C=O) groups excluding carboxylic acids is 4. The number of benzene rings is 3. The Labute approximate surface area is 334 Å². The van der Waals surface area contributed by atoms with Gasteiger partial charge in [0.15, 0.2) is 6.04 Å². The monoisotopic (exact) mass is 779 g/mol. The number of piperidine rings is 1. The predicted octanol–water partition coefficient (Wildman–Crippen LogP) is 6.15. The van der Waals surface area contributed by atoms with Crippen molar-refractivity contribution in [3.8, 4) is 5.75 Å². The molecule has 0 radical (unpaired) electrons. The first-order chi connectivity index (χ1) is 24.6. The van der Waals surface area contributed by atoms with Gasteiger partial charge < -0.3 is 29.7 Å². The number of likely N-dealkylation sites (tertiary alicyclic amines) is 1. The van der Waals surface area contributed by atoms with E-state index in [1.165, 1.54) is 0 Å². The van der Waals surface area contributed by atoms with Crippen molar-refractivity contribution in [1.29, 1.82) is 0 Å². The first-order valence-electron chi connectivity index (χ1n) is 18.2. The normalized spacial score (nSPS) is 19.2. The molecular formula is C42H57N3O7S2. The van der Waals surface area contributed by atoms with Gasteiger partial charge in [-0.25, -0.2) is 4.79 Å². The standard InChI is InChI=1S/C42H53N3O7.2H2S/c1-40(2,3)51-27-34(38(48)52-41(4,5)6)44-39(49)42(28-15-9-8-10-16-28)24-21-31(30-17-11-13-19-33(30)42)37(47)45-25-22-29(23-26-45)43-36(46)32-18-12-14-20-35(32)50-7;;/h8-20,29,31,34H,21-27H2,1-7H3,(H,43,46)(H,44,49);2*1H2/t31-,34-,42+;;/m0../s1. The van der Waals surface area contributed by atoms with Crippen molar-refractivity contribution in [3.05, 3.63) is 101 Å². The zero-order chi connectivity index (χ0) is 37.7. The molecule has 12 heteroatoms. The highest BCUT2D eigenvalue weighted by molar-refractivity contribution is 7.59. The summed E-state index contributed by atoms with van der Waals surface area (Å²) in [5.41, 5.74) is 0.296. The maximum absolute atomic E-state index is 14.8. The summed E-state index contributed by atoms with van der Waals surface area (Å²) < 4.78 is 17.1. The molecule has 1 fully saturated rings. The number of esters is 1. The lowest BCUT2D eigenvalue weighted by molar-refractivity contribution is -0.162. The molecule has 3 aromatic rings. The zero-order valence-corrected chi connectivity index (χ0v) is 34.5. The number of fused-ring (bicyclic) bond motifs is 1. The largest absolute Gasteiger partial charge is 0.496 e. The molecule has 54 heavy (non-hydrogen) atoms. The van der Waals surface area contributed by atoms with Crippen LogP contribution >= 0.6 is 27.0 Å². The molecule has 1 aliphatic carbocycles. The van der Waals surface area contributed by atoms with Crippen LogP contribution in [0.1, 0.15) is 100 Å². The molecular weight excluding hydrogens is 723 g/mol. The minimum atomic E-state index is -1.17. The van der Waals surface area contributed by atoms with Gasteiger partial charge in [0.2, 0.25) is 11.8 Å². The predicted molar refractivity (Wildman–Crippen MR) is 220 cm³/mol. The van der Waals surface area contributed by atoms with Crippen LogP contribution in [0.25, 0.3) is 0 Å². The van der Waals surface area contributed by atoms with E-state index in [2.05, 4.69) is 10.6 Å². The van der Waals surface area contributed by atoms with E-state index in [9.17, 15) is 19.2 Å². The fourth-order valence-corrected chi connectivity index (χ4v) is 7.20. The number of ether oxygens (including phenoxy) is 3. The Morgan fingerprint density at radius 2 is 1.43 bits per heavy atom. The topological polar surface area (TPSA) is 123 Å². The average Bonchev–Trinajstić information content (AvgIpc) is 3.12. The van der Waals surface area contributed by atoms with Crippen molar-refractivity contribution in [1.82, 2.24) is 15.5 Å². The fraction of sp³-hybridized carbons (Fsp3) is 0.476. The highest BCUT2D eigenvalue weighted by atomic mass is 32.1. The van der Waals surface area contributed by atoms with Gasteiger partial charge in [-0.3, -0.25) is 14.4 Å². The second-order valence-corrected chi connectivity index (χ2v) is 15.7. The summed E-state index contributed by atoms with van der Waals surface area (Å²) in [6, 6.07) is 23.2. The number of rotatable bonds is 10. The molecule has 0 unspecified atom stereocenters. The van der Waals surface area contributed by atoms with Crippen LogP contribution in [-0.2, 0) is 29.3 Å². The molecule has 0 spiro atoms. The molecule has 1 heterocycles. The van der Waals surface area contributed by atoms with Crippen LogP contribution < -0.4 is 15.4 Å². The summed E-state index contributed by atoms with van der Waals surface area (Å²) in [5.74, 6) is -1.05. The Balaban J connectivity index is 0.00000392. The molecule has 3 aromatic carbocycles. The van der Waals surface area contributed by atoms with E-state index in [-0.39, 0.29) is 57.4 Å². The number of nitrogens with one attached hydrogen (secondary N) is 2. The molecule has 294 valence electrons. The third-order valence-electron chi connectivity index (χ3n) is 9.73. The average molecular weight is 780 g/mol. The highest BCUT2D eigenvalue weighted by Gasteiger charge is 2.50. The molecule has 0 bridgehead atoms. The fourth-order valence-electron chi connectivity index (χ4n) is 7.20. The maximum atomic E-state index is 14.8. The minimum absolute atomic E-state index is 0. The van der Waals surface area contributed by atoms with E-state index < -0.39 is 34.5 Å². The number of hydrogen-bond donors (Lipinski definition) is 2. The van der Waals surface area contributed by atoms with Crippen LogP contribution in [0.15, 0.2) is 78.9 Å². The second kappa shape index (κ2) is 18.6. The number of methoxy groups -OCH3 is 1. The van der Waals surface area contributed by atoms with Crippen molar-refractivity contribution in [3.63, 3.8) is 0 Å². The second-order valence-electron chi connectivity index (χ2n) is 15.7. The van der Waals surface area contributed by atoms with Crippen LogP contribution in [0.5, 0.6) is 5.75 Å². The van der Waals surface area contributed by atoms with E-state index in [1.54, 1.807) is 46.1 Å². The van der Waals surface area contributed by atoms with Crippen molar-refractivity contribution in [2.75, 3.05) is 26.8 Å². The molecule has 10 nitrogen and oxygen atoms in total. The van der Waals surface area contributed by atoms with E-state index in [0.29, 0.717) is 50.1 Å². The lowest BCUT2D eigenvalue weighted by Crippen LogP contribution is -2.56. The van der Waals surface area contributed by atoms with Gasteiger partial charge in [-0.05, 0) is 96.0 Å². The van der Waals surface area contributed by atoms with Crippen molar-refractivity contribution >= 4 is 50.7 Å². The number of hydrogen-bond acceptors (Lipinski definition) is 7. The molecule has 1 saturated heterocycles. The van der Waals surface area contributed by atoms with Gasteiger partial charge in [0.25, 0.3) is 5.91 Å². The smallest absolute Gasteiger partial charge is 0.331 e. The molecule has 1 aliphatic heterocycles. The van der Waals surface area contributed by atoms with Crippen LogP contribution in [0.3, 0.4) is 0 Å². The van der Waals surface area contributed by atoms with Crippen LogP contribution in [0, 0.1) is 0 Å². The maximum Gasteiger partial charge on any atom is 0.331 e. The lowest BCUT2D eigenvalue weighted by atomic mass is 9.62. The van der Waals surface area contributed by atoms with Gasteiger partial charge in [-0.15, -0.1) is 0 Å². The zero-order valence-electron chi connectivity index (χ0n) is 32.5. The number of amides is 3. The summed E-state index contributed by atoms with van der Waals surface area (Å²) >= 11 is 0. The van der Waals surface area contributed by atoms with Crippen LogP contribution in [0.2, 0.25) is 0 Å². The Morgan fingerprint density at radius 3 is 2.06 bits per heavy atom. The lowest BCUT2D eigenvalue weighted by Gasteiger charge is -2.43. The van der Waals surface area contributed by atoms with Gasteiger partial charge in [-0.2, -0.15) is 27.0 Å². The first kappa shape index (κ1) is 44.4. The summed E-state index contributed by atoms with van der Waals surface area (Å²) in [5, 5.41) is 6.15. The van der Waals surface area contributed by atoms with Gasteiger partial charge in [0.1, 0.15) is 11.4 Å². The number of carbonyl (C=O) groups is 4. The molecule has 5 rings (SSSR count). The van der Waals surface area contributed by atoms with Crippen molar-refractivity contribution in [2.45, 2.75) is 102 Å². The Kier molecular flexibility index (Phi) is 15.3. The minimum Gasteiger partial charge on any atom is -0.496 e. The number of nitrogens with zero attached hydrogens (tertiary/aromatic N) is 1. The molecule has 3 amide bonds. The van der Waals surface area contributed by atoms with Crippen LogP contribution in [-0.4, -0.2) is 78.7 Å². The van der Waals surface area contributed by atoms with Gasteiger partial charge >= 0.3 is 5.97 Å². The molecule has 3 atom stereocenters. The van der Waals surface area contributed by atoms with Crippen molar-refractivity contribution < 1.29 is 33.4 Å². The van der Waals surface area contributed by atoms with E-state index >= 15 is 0 Å². The number of para-hydroxylation sites is 1. The highest BCUT2D eigenvalue weighted by Crippen LogP contribution is 2.48. The Hall–Kier alpha value is -4.00. The summed E-state index contributed by atoms with van der Waals surface area (Å²) in [4.78, 5) is 57.5.